The molecule has 2 aromatic carbocycles. The zero-order valence-corrected chi connectivity index (χ0v) is 11.5. The van der Waals surface area contributed by atoms with Crippen molar-refractivity contribution in [3.05, 3.63) is 58.1 Å². The maximum Gasteiger partial charge on any atom is 0.166 e. The highest BCUT2D eigenvalue weighted by Gasteiger charge is 2.15. The van der Waals surface area contributed by atoms with Gasteiger partial charge in [-0.15, -0.1) is 0 Å². The Morgan fingerprint density at radius 3 is 2.53 bits per heavy atom. The van der Waals surface area contributed by atoms with Gasteiger partial charge < -0.3 is 4.74 Å². The fourth-order valence-corrected chi connectivity index (χ4v) is 1.96. The molecular formula is C14H9BrF2O2. The highest BCUT2D eigenvalue weighted by Crippen LogP contribution is 2.30. The molecule has 0 spiro atoms. The van der Waals surface area contributed by atoms with Gasteiger partial charge in [0.25, 0.3) is 0 Å². The average molecular weight is 327 g/mol. The van der Waals surface area contributed by atoms with Crippen LogP contribution >= 0.6 is 15.9 Å². The van der Waals surface area contributed by atoms with E-state index in [1.165, 1.54) is 43.3 Å². The minimum absolute atomic E-state index is 0.103. The standard InChI is InChI=1S/C14H9BrF2O2/c1-8(18)14-12(17)3-2-4-13(14)19-9-5-6-11(16)10(15)7-9/h2-7H,1H3. The lowest BCUT2D eigenvalue weighted by atomic mass is 10.1. The van der Waals surface area contributed by atoms with Crippen molar-refractivity contribution < 1.29 is 18.3 Å². The van der Waals surface area contributed by atoms with Crippen LogP contribution in [0.4, 0.5) is 8.78 Å². The summed E-state index contributed by atoms with van der Waals surface area (Å²) in [6, 6.07) is 8.13. The minimum Gasteiger partial charge on any atom is -0.456 e. The molecule has 0 aliphatic rings. The van der Waals surface area contributed by atoms with Crippen LogP contribution in [0.3, 0.4) is 0 Å². The van der Waals surface area contributed by atoms with E-state index in [1.807, 2.05) is 0 Å². The highest BCUT2D eigenvalue weighted by atomic mass is 79.9. The Kier molecular flexibility index (Phi) is 3.95. The van der Waals surface area contributed by atoms with Crippen LogP contribution in [0.5, 0.6) is 11.5 Å². The van der Waals surface area contributed by atoms with Gasteiger partial charge in [-0.05, 0) is 53.2 Å². The van der Waals surface area contributed by atoms with E-state index < -0.39 is 17.4 Å². The largest absolute Gasteiger partial charge is 0.456 e. The third-order valence-electron chi connectivity index (χ3n) is 2.45. The van der Waals surface area contributed by atoms with Gasteiger partial charge in [-0.25, -0.2) is 8.78 Å². The lowest BCUT2D eigenvalue weighted by Crippen LogP contribution is -2.00. The van der Waals surface area contributed by atoms with Crippen molar-refractivity contribution in [3.63, 3.8) is 0 Å². The predicted octanol–water partition coefficient (Wildman–Crippen LogP) is 4.72. The van der Waals surface area contributed by atoms with Crippen LogP contribution in [0.2, 0.25) is 0 Å². The first-order valence-corrected chi connectivity index (χ1v) is 6.20. The number of Topliss-reactive ketones (excluding diaryl/α,β-unsaturated/α-hetero) is 1. The van der Waals surface area contributed by atoms with Crippen molar-refractivity contribution in [1.82, 2.24) is 0 Å². The predicted molar refractivity (Wildman–Crippen MR) is 70.6 cm³/mol. The number of carbonyl (C=O) groups excluding carboxylic acids is 1. The van der Waals surface area contributed by atoms with Gasteiger partial charge in [-0.1, -0.05) is 6.07 Å². The summed E-state index contributed by atoms with van der Waals surface area (Å²) in [5, 5.41) is 0. The molecule has 5 heteroatoms. The number of hydrogen-bond acceptors (Lipinski definition) is 2. The van der Waals surface area contributed by atoms with Gasteiger partial charge in [0.15, 0.2) is 5.78 Å². The van der Waals surface area contributed by atoms with Crippen molar-refractivity contribution in [1.29, 1.82) is 0 Å². The fraction of sp³-hybridized carbons (Fsp3) is 0.0714. The third-order valence-corrected chi connectivity index (χ3v) is 3.05. The topological polar surface area (TPSA) is 26.3 Å². The lowest BCUT2D eigenvalue weighted by Gasteiger charge is -2.10. The summed E-state index contributed by atoms with van der Waals surface area (Å²) in [5.74, 6) is -1.11. The van der Waals surface area contributed by atoms with Crippen molar-refractivity contribution >= 4 is 21.7 Å². The first kappa shape index (κ1) is 13.7. The molecule has 0 unspecified atom stereocenters. The number of carbonyl (C=O) groups is 1. The SMILES string of the molecule is CC(=O)c1c(F)cccc1Oc1ccc(F)c(Br)c1. The number of rotatable bonds is 3. The van der Waals surface area contributed by atoms with Crippen LogP contribution < -0.4 is 4.74 Å². The summed E-state index contributed by atoms with van der Waals surface area (Å²) in [4.78, 5) is 11.4. The molecule has 2 rings (SSSR count). The third kappa shape index (κ3) is 2.98. The van der Waals surface area contributed by atoms with Crippen molar-refractivity contribution in [3.8, 4) is 11.5 Å². The zero-order chi connectivity index (χ0) is 14.0. The van der Waals surface area contributed by atoms with E-state index in [0.717, 1.165) is 0 Å². The molecule has 0 heterocycles. The molecule has 0 fully saturated rings. The van der Waals surface area contributed by atoms with E-state index in [4.69, 9.17) is 4.74 Å². The van der Waals surface area contributed by atoms with Crippen LogP contribution in [0, 0.1) is 11.6 Å². The molecule has 0 atom stereocenters. The van der Waals surface area contributed by atoms with Crippen LogP contribution in [0.25, 0.3) is 0 Å². The van der Waals surface area contributed by atoms with Gasteiger partial charge in [0.2, 0.25) is 0 Å². The molecule has 0 N–H and O–H groups in total. The van der Waals surface area contributed by atoms with E-state index >= 15 is 0 Å². The summed E-state index contributed by atoms with van der Waals surface area (Å²) in [7, 11) is 0. The van der Waals surface area contributed by atoms with E-state index in [9.17, 15) is 13.6 Å². The molecule has 0 amide bonds. The molecule has 2 aromatic rings. The Morgan fingerprint density at radius 2 is 1.89 bits per heavy atom. The first-order valence-electron chi connectivity index (χ1n) is 5.41. The number of hydrogen-bond donors (Lipinski definition) is 0. The van der Waals surface area contributed by atoms with E-state index in [-0.39, 0.29) is 15.8 Å². The second-order valence-corrected chi connectivity index (χ2v) is 4.70. The lowest BCUT2D eigenvalue weighted by molar-refractivity contribution is 0.101. The van der Waals surface area contributed by atoms with E-state index in [0.29, 0.717) is 5.75 Å². The van der Waals surface area contributed by atoms with Crippen molar-refractivity contribution in [2.45, 2.75) is 6.92 Å². The smallest absolute Gasteiger partial charge is 0.166 e. The number of ether oxygens (including phenoxy) is 1. The van der Waals surface area contributed by atoms with Gasteiger partial charge in [0.05, 0.1) is 10.0 Å². The number of halogens is 3. The molecule has 0 aromatic heterocycles. The zero-order valence-electron chi connectivity index (χ0n) is 9.91. The molecular weight excluding hydrogens is 318 g/mol. The van der Waals surface area contributed by atoms with Gasteiger partial charge in [0, 0.05) is 0 Å². The minimum atomic E-state index is -0.647. The van der Waals surface area contributed by atoms with Crippen molar-refractivity contribution in [2.75, 3.05) is 0 Å². The Labute approximate surface area is 117 Å². The van der Waals surface area contributed by atoms with Crippen LogP contribution in [-0.2, 0) is 0 Å². The van der Waals surface area contributed by atoms with Gasteiger partial charge in [-0.3, -0.25) is 4.79 Å². The van der Waals surface area contributed by atoms with Crippen molar-refractivity contribution in [2.24, 2.45) is 0 Å². The second-order valence-electron chi connectivity index (χ2n) is 3.85. The Balaban J connectivity index is 2.40. The molecule has 0 aliphatic carbocycles. The molecule has 0 bridgehead atoms. The maximum atomic E-state index is 13.6. The van der Waals surface area contributed by atoms with Gasteiger partial charge >= 0.3 is 0 Å². The van der Waals surface area contributed by atoms with Crippen LogP contribution in [0.15, 0.2) is 40.9 Å². The maximum absolute atomic E-state index is 13.6. The molecule has 0 radical (unpaired) electrons. The molecule has 19 heavy (non-hydrogen) atoms. The number of benzene rings is 2. The monoisotopic (exact) mass is 326 g/mol. The van der Waals surface area contributed by atoms with Crippen LogP contribution in [0.1, 0.15) is 17.3 Å². The van der Waals surface area contributed by atoms with E-state index in [2.05, 4.69) is 15.9 Å². The Hall–Kier alpha value is -1.75. The van der Waals surface area contributed by atoms with Crippen LogP contribution in [-0.4, -0.2) is 5.78 Å². The summed E-state index contributed by atoms with van der Waals surface area (Å²) in [5.41, 5.74) is -0.122. The molecule has 0 saturated carbocycles. The summed E-state index contributed by atoms with van der Waals surface area (Å²) >= 11 is 3.03. The Morgan fingerprint density at radius 1 is 1.16 bits per heavy atom. The van der Waals surface area contributed by atoms with Gasteiger partial charge in [0.1, 0.15) is 23.1 Å². The number of ketones is 1. The first-order chi connectivity index (χ1) is 8.99. The molecule has 98 valence electrons. The van der Waals surface area contributed by atoms with E-state index in [1.54, 1.807) is 0 Å². The Bertz CT molecular complexity index is 641. The molecule has 0 aliphatic heterocycles. The fourth-order valence-electron chi connectivity index (χ4n) is 1.60. The summed E-state index contributed by atoms with van der Waals surface area (Å²) < 4.78 is 32.3. The molecule has 0 saturated heterocycles. The summed E-state index contributed by atoms with van der Waals surface area (Å²) in [6.07, 6.45) is 0. The van der Waals surface area contributed by atoms with Gasteiger partial charge in [-0.2, -0.15) is 0 Å². The average Bonchev–Trinajstić information content (AvgIpc) is 2.33. The highest BCUT2D eigenvalue weighted by molar-refractivity contribution is 9.10. The second kappa shape index (κ2) is 5.48. The quantitative estimate of drug-likeness (QED) is 0.763. The molecule has 2 nitrogen and oxygen atoms in total. The summed E-state index contributed by atoms with van der Waals surface area (Å²) in [6.45, 7) is 1.26. The normalized spacial score (nSPS) is 10.3.